The maximum atomic E-state index is 12.9. The Morgan fingerprint density at radius 3 is 2.45 bits per heavy atom. The van der Waals surface area contributed by atoms with Gasteiger partial charge in [0.2, 0.25) is 10.0 Å². The summed E-state index contributed by atoms with van der Waals surface area (Å²) >= 11 is 6.40. The fourth-order valence-corrected chi connectivity index (χ4v) is 4.39. The third-order valence-electron chi connectivity index (χ3n) is 4.54. The van der Waals surface area contributed by atoms with Gasteiger partial charge in [0.25, 0.3) is 0 Å². The minimum Gasteiger partial charge on any atom is -0.481 e. The fraction of sp³-hybridized carbons (Fsp3) is 0.136. The molecule has 0 aliphatic rings. The Kier molecular flexibility index (Phi) is 6.84. The van der Waals surface area contributed by atoms with E-state index in [-0.39, 0.29) is 22.2 Å². The van der Waals surface area contributed by atoms with Gasteiger partial charge in [-0.1, -0.05) is 41.9 Å². The largest absolute Gasteiger partial charge is 0.481 e. The summed E-state index contributed by atoms with van der Waals surface area (Å²) in [5, 5.41) is 9.22. The van der Waals surface area contributed by atoms with Crippen molar-refractivity contribution in [3.63, 3.8) is 0 Å². The lowest BCUT2D eigenvalue weighted by Gasteiger charge is -2.20. The summed E-state index contributed by atoms with van der Waals surface area (Å²) in [6.45, 7) is -0.544. The predicted molar refractivity (Wildman–Crippen MR) is 120 cm³/mol. The summed E-state index contributed by atoms with van der Waals surface area (Å²) in [6.07, 6.45) is 0. The van der Waals surface area contributed by atoms with Crippen LogP contribution in [0, 0.1) is 0 Å². The molecule has 0 fully saturated rings. The second-order valence-electron chi connectivity index (χ2n) is 6.82. The SMILES string of the molecule is CN(Cc1cc(-c2cccc(N)c2)c(OCC(=O)O)cc1Cl)S(=O)(=O)c1ccccc1. The van der Waals surface area contributed by atoms with Crippen molar-refractivity contribution in [2.75, 3.05) is 19.4 Å². The van der Waals surface area contributed by atoms with Crippen molar-refractivity contribution in [1.29, 1.82) is 0 Å². The molecule has 0 aliphatic carbocycles. The fourth-order valence-electron chi connectivity index (χ4n) is 3.01. The van der Waals surface area contributed by atoms with E-state index in [1.54, 1.807) is 48.5 Å². The molecule has 3 aromatic carbocycles. The van der Waals surface area contributed by atoms with Crippen LogP contribution >= 0.6 is 11.6 Å². The number of ether oxygens (including phenoxy) is 1. The molecular weight excluding hydrogens is 440 g/mol. The molecule has 0 unspecified atom stereocenters. The van der Waals surface area contributed by atoms with Crippen LogP contribution in [0.25, 0.3) is 11.1 Å². The van der Waals surface area contributed by atoms with Gasteiger partial charge in [0, 0.05) is 29.9 Å². The van der Waals surface area contributed by atoms with E-state index >= 15 is 0 Å². The van der Waals surface area contributed by atoms with Gasteiger partial charge in [0.05, 0.1) is 4.90 Å². The van der Waals surface area contributed by atoms with E-state index in [1.807, 2.05) is 0 Å². The van der Waals surface area contributed by atoms with E-state index in [0.29, 0.717) is 22.4 Å². The van der Waals surface area contributed by atoms with Crippen LogP contribution in [0.1, 0.15) is 5.56 Å². The van der Waals surface area contributed by atoms with E-state index < -0.39 is 22.6 Å². The van der Waals surface area contributed by atoms with Gasteiger partial charge in [-0.05, 0) is 47.5 Å². The summed E-state index contributed by atoms with van der Waals surface area (Å²) in [5.74, 6) is -0.872. The van der Waals surface area contributed by atoms with Crippen molar-refractivity contribution in [1.82, 2.24) is 4.31 Å². The number of carboxylic acid groups (broad SMARTS) is 1. The van der Waals surface area contributed by atoms with Crippen LogP contribution in [0.4, 0.5) is 5.69 Å². The van der Waals surface area contributed by atoms with Crippen molar-refractivity contribution < 1.29 is 23.1 Å². The average Bonchev–Trinajstić information content (AvgIpc) is 2.74. The lowest BCUT2D eigenvalue weighted by molar-refractivity contribution is -0.139. The Morgan fingerprint density at radius 2 is 1.81 bits per heavy atom. The molecular formula is C22H21ClN2O5S. The molecule has 9 heteroatoms. The Hall–Kier alpha value is -3.07. The first-order valence-electron chi connectivity index (χ1n) is 9.23. The molecule has 0 saturated carbocycles. The second kappa shape index (κ2) is 9.38. The van der Waals surface area contributed by atoms with Crippen LogP contribution in [-0.2, 0) is 21.4 Å². The number of nitrogen functional groups attached to an aromatic ring is 1. The number of hydrogen-bond acceptors (Lipinski definition) is 5. The van der Waals surface area contributed by atoms with Gasteiger partial charge in [-0.15, -0.1) is 0 Å². The van der Waals surface area contributed by atoms with E-state index in [9.17, 15) is 13.2 Å². The number of nitrogens with zero attached hydrogens (tertiary/aromatic N) is 1. The van der Waals surface area contributed by atoms with Crippen molar-refractivity contribution in [2.45, 2.75) is 11.4 Å². The van der Waals surface area contributed by atoms with Crippen molar-refractivity contribution >= 4 is 33.3 Å². The zero-order valence-electron chi connectivity index (χ0n) is 16.7. The van der Waals surface area contributed by atoms with Crippen LogP contribution in [0.15, 0.2) is 71.6 Å². The van der Waals surface area contributed by atoms with Gasteiger partial charge >= 0.3 is 5.97 Å². The zero-order chi connectivity index (χ0) is 22.6. The molecule has 7 nitrogen and oxygen atoms in total. The molecule has 0 radical (unpaired) electrons. The molecule has 0 amide bonds. The van der Waals surface area contributed by atoms with Gasteiger partial charge in [0.15, 0.2) is 6.61 Å². The summed E-state index contributed by atoms with van der Waals surface area (Å²) in [6, 6.07) is 18.2. The summed E-state index contributed by atoms with van der Waals surface area (Å²) in [7, 11) is -2.26. The van der Waals surface area contributed by atoms with Gasteiger partial charge in [-0.25, -0.2) is 13.2 Å². The maximum Gasteiger partial charge on any atom is 0.341 e. The minimum atomic E-state index is -3.72. The van der Waals surface area contributed by atoms with Crippen LogP contribution in [0.3, 0.4) is 0 Å². The van der Waals surface area contributed by atoms with Gasteiger partial charge in [-0.2, -0.15) is 4.31 Å². The summed E-state index contributed by atoms with van der Waals surface area (Å²) in [5.41, 5.74) is 8.18. The molecule has 0 spiro atoms. The number of rotatable bonds is 8. The Bertz CT molecular complexity index is 1200. The molecule has 0 aliphatic heterocycles. The lowest BCUT2D eigenvalue weighted by Crippen LogP contribution is -2.26. The number of halogens is 1. The summed E-state index contributed by atoms with van der Waals surface area (Å²) in [4.78, 5) is 11.1. The normalized spacial score (nSPS) is 11.5. The van der Waals surface area contributed by atoms with Crippen LogP contribution in [0.2, 0.25) is 5.02 Å². The zero-order valence-corrected chi connectivity index (χ0v) is 18.2. The number of carboxylic acids is 1. The third-order valence-corrected chi connectivity index (χ3v) is 6.71. The highest BCUT2D eigenvalue weighted by molar-refractivity contribution is 7.89. The highest BCUT2D eigenvalue weighted by Gasteiger charge is 2.22. The number of sulfonamides is 1. The van der Waals surface area contributed by atoms with Gasteiger partial charge in [0.1, 0.15) is 5.75 Å². The van der Waals surface area contributed by atoms with E-state index in [4.69, 9.17) is 27.2 Å². The second-order valence-corrected chi connectivity index (χ2v) is 9.27. The molecule has 3 N–H and O–H groups in total. The quantitative estimate of drug-likeness (QED) is 0.494. The van der Waals surface area contributed by atoms with Gasteiger partial charge < -0.3 is 15.6 Å². The molecule has 0 bridgehead atoms. The van der Waals surface area contributed by atoms with E-state index in [2.05, 4.69) is 0 Å². The van der Waals surface area contributed by atoms with Crippen molar-refractivity contribution in [3.05, 3.63) is 77.3 Å². The van der Waals surface area contributed by atoms with E-state index in [0.717, 1.165) is 0 Å². The van der Waals surface area contributed by atoms with Crippen LogP contribution in [0.5, 0.6) is 5.75 Å². The highest BCUT2D eigenvalue weighted by Crippen LogP contribution is 2.36. The number of nitrogens with two attached hydrogens (primary N) is 1. The number of anilines is 1. The molecule has 0 heterocycles. The Morgan fingerprint density at radius 1 is 1.10 bits per heavy atom. The first-order valence-corrected chi connectivity index (χ1v) is 11.0. The minimum absolute atomic E-state index is 0.00455. The topological polar surface area (TPSA) is 110 Å². The highest BCUT2D eigenvalue weighted by atomic mass is 35.5. The average molecular weight is 461 g/mol. The molecule has 31 heavy (non-hydrogen) atoms. The molecule has 0 saturated heterocycles. The Labute approximate surface area is 185 Å². The number of aliphatic carboxylic acids is 1. The van der Waals surface area contributed by atoms with E-state index in [1.165, 1.54) is 29.6 Å². The standard InChI is InChI=1S/C22H21ClN2O5S/c1-25(31(28,29)18-8-3-2-4-9-18)13-16-11-19(15-6-5-7-17(24)10-15)21(12-20(16)23)30-14-22(26)27/h2-12H,13-14,24H2,1H3,(H,26,27). The number of hydrogen-bond donors (Lipinski definition) is 2. The van der Waals surface area contributed by atoms with Crippen molar-refractivity contribution in [3.8, 4) is 16.9 Å². The van der Waals surface area contributed by atoms with Crippen molar-refractivity contribution in [2.24, 2.45) is 0 Å². The maximum absolute atomic E-state index is 12.9. The van der Waals surface area contributed by atoms with Gasteiger partial charge in [-0.3, -0.25) is 0 Å². The summed E-state index contributed by atoms with van der Waals surface area (Å²) < 4.78 is 32.3. The first-order chi connectivity index (χ1) is 14.7. The smallest absolute Gasteiger partial charge is 0.341 e. The monoisotopic (exact) mass is 460 g/mol. The van der Waals surface area contributed by atoms with Crippen LogP contribution < -0.4 is 10.5 Å². The Balaban J connectivity index is 2.01. The number of carbonyl (C=O) groups is 1. The molecule has 3 rings (SSSR count). The number of benzene rings is 3. The molecule has 162 valence electrons. The molecule has 0 atom stereocenters. The first kappa shape index (κ1) is 22.6. The molecule has 3 aromatic rings. The third kappa shape index (κ3) is 5.35. The lowest BCUT2D eigenvalue weighted by atomic mass is 10.0. The predicted octanol–water partition coefficient (Wildman–Crippen LogP) is 3.87. The molecule has 0 aromatic heterocycles. The van der Waals surface area contributed by atoms with Crippen LogP contribution in [-0.4, -0.2) is 37.5 Å².